The van der Waals surface area contributed by atoms with Crippen molar-refractivity contribution in [2.24, 2.45) is 0 Å². The van der Waals surface area contributed by atoms with Crippen LogP contribution in [0.15, 0.2) is 72.7 Å². The summed E-state index contributed by atoms with van der Waals surface area (Å²) in [7, 11) is -3.99. The number of non-ortho nitro benzene ring substituents is 1. The molecular formula is C15H11N5O7S. The molecule has 3 aromatic rings. The molecule has 144 valence electrons. The van der Waals surface area contributed by atoms with Gasteiger partial charge < -0.3 is 5.84 Å². The topological polar surface area (TPSA) is 180 Å². The Morgan fingerprint density at radius 3 is 1.89 bits per heavy atom. The highest BCUT2D eigenvalue weighted by Gasteiger charge is 2.19. The van der Waals surface area contributed by atoms with E-state index in [1.807, 2.05) is 4.98 Å². The van der Waals surface area contributed by atoms with Crippen molar-refractivity contribution in [3.63, 3.8) is 0 Å². The summed E-state index contributed by atoms with van der Waals surface area (Å²) >= 11 is 0. The monoisotopic (exact) mass is 405 g/mol. The number of nitrogens with two attached hydrogens (primary N) is 1. The Balaban J connectivity index is 2.05. The van der Waals surface area contributed by atoms with E-state index in [4.69, 9.17) is 5.84 Å². The van der Waals surface area contributed by atoms with Gasteiger partial charge >= 0.3 is 17.1 Å². The lowest BCUT2D eigenvalue weighted by Crippen LogP contribution is -2.51. The quantitative estimate of drug-likeness (QED) is 0.319. The first kappa shape index (κ1) is 18.8. The fraction of sp³-hybridized carbons (Fsp3) is 0. The highest BCUT2D eigenvalue weighted by atomic mass is 32.2. The van der Waals surface area contributed by atoms with Gasteiger partial charge in [-0.2, -0.15) is 4.68 Å². The van der Waals surface area contributed by atoms with Crippen molar-refractivity contribution in [3.8, 4) is 5.69 Å². The minimum Gasteiger partial charge on any atom is -0.331 e. The number of nitro groups is 1. The Kier molecular flexibility index (Phi) is 4.44. The molecule has 0 radical (unpaired) electrons. The Morgan fingerprint density at radius 2 is 1.39 bits per heavy atom. The minimum atomic E-state index is -3.99. The lowest BCUT2D eigenvalue weighted by molar-refractivity contribution is -0.384. The maximum atomic E-state index is 12.6. The average Bonchev–Trinajstić information content (AvgIpc) is 2.66. The zero-order chi connectivity index (χ0) is 20.6. The number of aromatic nitrogens is 3. The van der Waals surface area contributed by atoms with Crippen molar-refractivity contribution < 1.29 is 13.3 Å². The smallest absolute Gasteiger partial charge is 0.331 e. The molecule has 2 aromatic carbocycles. The van der Waals surface area contributed by atoms with Crippen molar-refractivity contribution >= 4 is 15.5 Å². The van der Waals surface area contributed by atoms with Crippen LogP contribution in [0.4, 0.5) is 5.69 Å². The highest BCUT2D eigenvalue weighted by Crippen LogP contribution is 2.23. The number of nitrogen functional groups attached to an aromatic ring is 1. The number of nitrogens with zero attached hydrogens (tertiary/aromatic N) is 3. The summed E-state index contributed by atoms with van der Waals surface area (Å²) in [6.45, 7) is 0. The van der Waals surface area contributed by atoms with Crippen molar-refractivity contribution in [3.05, 3.63) is 90.1 Å². The third-order valence-corrected chi connectivity index (χ3v) is 5.58. The molecule has 0 aliphatic rings. The summed E-state index contributed by atoms with van der Waals surface area (Å²) in [4.78, 5) is 46.7. The van der Waals surface area contributed by atoms with Crippen LogP contribution in [-0.2, 0) is 9.84 Å². The number of benzene rings is 2. The van der Waals surface area contributed by atoms with Gasteiger partial charge in [0.2, 0.25) is 9.84 Å². The minimum absolute atomic E-state index is 0.0203. The largest absolute Gasteiger partial charge is 0.359 e. The van der Waals surface area contributed by atoms with Crippen LogP contribution in [0.5, 0.6) is 0 Å². The van der Waals surface area contributed by atoms with E-state index in [2.05, 4.69) is 0 Å². The lowest BCUT2D eigenvalue weighted by atomic mass is 10.3. The number of nitrogens with one attached hydrogen (secondary N) is 1. The highest BCUT2D eigenvalue weighted by molar-refractivity contribution is 7.91. The number of H-pyrrole nitrogens is 1. The van der Waals surface area contributed by atoms with Crippen molar-refractivity contribution in [1.29, 1.82) is 0 Å². The fourth-order valence-corrected chi connectivity index (χ4v) is 3.64. The predicted octanol–water partition coefficient (Wildman–Crippen LogP) is -0.858. The van der Waals surface area contributed by atoms with Gasteiger partial charge in [0.25, 0.3) is 5.69 Å². The van der Waals surface area contributed by atoms with Crippen LogP contribution < -0.4 is 22.9 Å². The zero-order valence-corrected chi connectivity index (χ0v) is 14.6. The molecule has 0 saturated carbocycles. The Morgan fingerprint density at radius 1 is 0.893 bits per heavy atom. The molecule has 1 aromatic heterocycles. The van der Waals surface area contributed by atoms with E-state index in [1.165, 1.54) is 12.1 Å². The molecule has 0 amide bonds. The molecule has 3 N–H and O–H groups in total. The maximum Gasteiger partial charge on any atom is 0.359 e. The van der Waals surface area contributed by atoms with Crippen LogP contribution in [0.25, 0.3) is 5.69 Å². The number of aromatic amines is 1. The van der Waals surface area contributed by atoms with Crippen LogP contribution in [0.2, 0.25) is 0 Å². The summed E-state index contributed by atoms with van der Waals surface area (Å²) in [5.41, 5.74) is -3.52. The molecule has 0 fully saturated rings. The number of nitro benzene ring substituents is 1. The van der Waals surface area contributed by atoms with E-state index in [9.17, 15) is 32.9 Å². The zero-order valence-electron chi connectivity index (χ0n) is 13.8. The van der Waals surface area contributed by atoms with Gasteiger partial charge in [-0.25, -0.2) is 27.4 Å². The van der Waals surface area contributed by atoms with E-state index in [-0.39, 0.29) is 25.8 Å². The first-order valence-electron chi connectivity index (χ1n) is 7.46. The SMILES string of the molecule is Nn1c(=O)[nH]c(=O)n(-c2ccc(S(=O)(=O)c3ccc([N+](=O)[O-])cc3)cc2)c1=O. The molecule has 28 heavy (non-hydrogen) atoms. The van der Waals surface area contributed by atoms with E-state index in [0.717, 1.165) is 36.4 Å². The molecule has 0 saturated heterocycles. The van der Waals surface area contributed by atoms with Gasteiger partial charge in [-0.1, -0.05) is 0 Å². The summed E-state index contributed by atoms with van der Waals surface area (Å²) in [6.07, 6.45) is 0. The first-order valence-corrected chi connectivity index (χ1v) is 8.94. The second-order valence-electron chi connectivity index (χ2n) is 5.47. The van der Waals surface area contributed by atoms with Crippen LogP contribution in [0, 0.1) is 10.1 Å². The van der Waals surface area contributed by atoms with Crippen molar-refractivity contribution in [2.75, 3.05) is 5.84 Å². The normalized spacial score (nSPS) is 11.3. The van der Waals surface area contributed by atoms with Crippen LogP contribution in [0.3, 0.4) is 0 Å². The summed E-state index contributed by atoms with van der Waals surface area (Å²) in [6, 6.07) is 8.96. The molecular weight excluding hydrogens is 394 g/mol. The molecule has 0 atom stereocenters. The second-order valence-corrected chi connectivity index (χ2v) is 7.42. The van der Waals surface area contributed by atoms with Gasteiger partial charge in [-0.15, -0.1) is 0 Å². The standard InChI is InChI=1S/C15H11N5O7S/c16-19-14(22)17-13(21)18(15(19)23)9-1-5-11(6-2-9)28(26,27)12-7-3-10(4-8-12)20(24)25/h1-8H,16H2,(H,17,21,22). The van der Waals surface area contributed by atoms with Crippen molar-refractivity contribution in [2.45, 2.75) is 9.79 Å². The van der Waals surface area contributed by atoms with Gasteiger partial charge in [-0.05, 0) is 36.4 Å². The average molecular weight is 405 g/mol. The summed E-state index contributed by atoms with van der Waals surface area (Å²) in [5.74, 6) is 5.25. The second kappa shape index (κ2) is 6.62. The summed E-state index contributed by atoms with van der Waals surface area (Å²) in [5, 5.41) is 10.7. The van der Waals surface area contributed by atoms with Crippen molar-refractivity contribution in [1.82, 2.24) is 14.2 Å². The molecule has 0 aliphatic carbocycles. The van der Waals surface area contributed by atoms with Crippen LogP contribution in [0.1, 0.15) is 0 Å². The number of hydrogen-bond donors (Lipinski definition) is 2. The van der Waals surface area contributed by atoms with E-state index in [0.29, 0.717) is 4.57 Å². The molecule has 0 bridgehead atoms. The van der Waals surface area contributed by atoms with Gasteiger partial charge in [0.15, 0.2) is 0 Å². The molecule has 3 rings (SSSR count). The van der Waals surface area contributed by atoms with E-state index >= 15 is 0 Å². The number of rotatable bonds is 4. The van der Waals surface area contributed by atoms with Crippen LogP contribution in [-0.4, -0.2) is 27.6 Å². The molecule has 12 nitrogen and oxygen atoms in total. The van der Waals surface area contributed by atoms with Gasteiger partial charge in [-0.3, -0.25) is 15.1 Å². The molecule has 0 unspecified atom stereocenters. The molecule has 13 heteroatoms. The maximum absolute atomic E-state index is 12.6. The van der Waals surface area contributed by atoms with Crippen LogP contribution >= 0.6 is 0 Å². The first-order chi connectivity index (χ1) is 13.1. The third kappa shape index (κ3) is 3.09. The number of hydrogen-bond acceptors (Lipinski definition) is 8. The fourth-order valence-electron chi connectivity index (χ4n) is 2.37. The Hall–Kier alpha value is -4.00. The predicted molar refractivity (Wildman–Crippen MR) is 95.6 cm³/mol. The van der Waals surface area contributed by atoms with E-state index < -0.39 is 31.8 Å². The van der Waals surface area contributed by atoms with Gasteiger partial charge in [0.05, 0.1) is 20.4 Å². The molecule has 1 heterocycles. The summed E-state index contributed by atoms with van der Waals surface area (Å²) < 4.78 is 26.0. The van der Waals surface area contributed by atoms with Gasteiger partial charge in [0, 0.05) is 12.1 Å². The number of sulfone groups is 1. The van der Waals surface area contributed by atoms with E-state index in [1.54, 1.807) is 0 Å². The Bertz CT molecular complexity index is 1350. The third-order valence-electron chi connectivity index (χ3n) is 3.80. The Labute approximate surface area is 155 Å². The lowest BCUT2D eigenvalue weighted by Gasteiger charge is -2.08. The molecule has 0 spiro atoms. The van der Waals surface area contributed by atoms with Gasteiger partial charge in [0.1, 0.15) is 0 Å². The molecule has 0 aliphatic heterocycles.